The molecule has 13 heavy (non-hydrogen) atoms. The molecule has 0 saturated carbocycles. The Hall–Kier alpha value is -0.570. The molecule has 0 unspecified atom stereocenters. The molecule has 0 heterocycles. The normalized spacial score (nSPS) is 10.0. The van der Waals surface area contributed by atoms with Gasteiger partial charge in [0.15, 0.2) is 0 Å². The molecule has 2 N–H and O–H groups in total. The van der Waals surface area contributed by atoms with Crippen LogP contribution in [0, 0.1) is 0 Å². The maximum absolute atomic E-state index is 11.0. The Morgan fingerprint density at radius 2 is 1.92 bits per heavy atom. The van der Waals surface area contributed by atoms with Crippen LogP contribution in [0.15, 0.2) is 0 Å². The van der Waals surface area contributed by atoms with Gasteiger partial charge in [-0.05, 0) is 6.42 Å². The first-order valence-electron chi connectivity index (χ1n) is 5.18. The van der Waals surface area contributed by atoms with Crippen molar-refractivity contribution in [3.8, 4) is 0 Å². The number of nitrogens with one attached hydrogen (secondary N) is 1. The third-order valence-electron chi connectivity index (χ3n) is 1.94. The van der Waals surface area contributed by atoms with Crippen LogP contribution in [-0.4, -0.2) is 24.2 Å². The third-order valence-corrected chi connectivity index (χ3v) is 1.94. The molecule has 0 radical (unpaired) electrons. The molecule has 0 saturated heterocycles. The number of hydrogen-bond donors (Lipinski definition) is 2. The smallest absolute Gasteiger partial charge is 0.220 e. The van der Waals surface area contributed by atoms with Crippen molar-refractivity contribution in [2.24, 2.45) is 0 Å². The lowest BCUT2D eigenvalue weighted by atomic mass is 10.1. The predicted molar refractivity (Wildman–Crippen MR) is 53.5 cm³/mol. The summed E-state index contributed by atoms with van der Waals surface area (Å²) in [5, 5.41) is 11.1. The number of amides is 1. The third kappa shape index (κ3) is 9.34. The highest BCUT2D eigenvalue weighted by Crippen LogP contribution is 2.04. The molecule has 3 nitrogen and oxygen atoms in total. The Labute approximate surface area is 80.5 Å². The zero-order valence-corrected chi connectivity index (χ0v) is 8.51. The van der Waals surface area contributed by atoms with Gasteiger partial charge < -0.3 is 10.4 Å². The summed E-state index contributed by atoms with van der Waals surface area (Å²) in [6, 6.07) is 0. The quantitative estimate of drug-likeness (QED) is 0.565. The fourth-order valence-corrected chi connectivity index (χ4v) is 1.17. The van der Waals surface area contributed by atoms with Gasteiger partial charge in [-0.25, -0.2) is 0 Å². The van der Waals surface area contributed by atoms with Crippen LogP contribution in [0.5, 0.6) is 0 Å². The molecule has 0 spiro atoms. The summed E-state index contributed by atoms with van der Waals surface area (Å²) in [5.41, 5.74) is 0. The van der Waals surface area contributed by atoms with Gasteiger partial charge in [-0.1, -0.05) is 32.6 Å². The van der Waals surface area contributed by atoms with Crippen molar-refractivity contribution in [3.05, 3.63) is 0 Å². The van der Waals surface area contributed by atoms with Gasteiger partial charge in [0.1, 0.15) is 0 Å². The predicted octanol–water partition coefficient (Wildman–Crippen LogP) is 1.46. The number of carbonyl (C=O) groups excluding carboxylic acids is 1. The Bertz CT molecular complexity index is 126. The summed E-state index contributed by atoms with van der Waals surface area (Å²) in [6.07, 6.45) is 6.43. The van der Waals surface area contributed by atoms with Crippen LogP contribution in [0.2, 0.25) is 0 Å². The van der Waals surface area contributed by atoms with Crippen LogP contribution < -0.4 is 5.32 Å². The molecule has 1 amide bonds. The van der Waals surface area contributed by atoms with Gasteiger partial charge in [0.25, 0.3) is 0 Å². The minimum atomic E-state index is 0.0293. The van der Waals surface area contributed by atoms with Crippen LogP contribution in [0.25, 0.3) is 0 Å². The number of rotatable bonds is 8. The highest BCUT2D eigenvalue weighted by atomic mass is 16.3. The van der Waals surface area contributed by atoms with E-state index in [1.807, 2.05) is 0 Å². The van der Waals surface area contributed by atoms with E-state index in [1.54, 1.807) is 0 Å². The molecule has 0 fully saturated rings. The van der Waals surface area contributed by atoms with Gasteiger partial charge >= 0.3 is 0 Å². The van der Waals surface area contributed by atoms with E-state index in [0.29, 0.717) is 13.0 Å². The zero-order valence-electron chi connectivity index (χ0n) is 8.51. The highest BCUT2D eigenvalue weighted by molar-refractivity contribution is 5.75. The molecule has 0 aliphatic heterocycles. The van der Waals surface area contributed by atoms with E-state index < -0.39 is 0 Å². The van der Waals surface area contributed by atoms with Crippen molar-refractivity contribution in [3.63, 3.8) is 0 Å². The Morgan fingerprint density at radius 3 is 2.54 bits per heavy atom. The number of carbonyl (C=O) groups is 1. The number of unbranched alkanes of at least 4 members (excludes halogenated alkanes) is 4. The fraction of sp³-hybridized carbons (Fsp3) is 0.900. The largest absolute Gasteiger partial charge is 0.395 e. The monoisotopic (exact) mass is 187 g/mol. The van der Waals surface area contributed by atoms with Gasteiger partial charge in [0.05, 0.1) is 6.61 Å². The molecule has 0 aliphatic carbocycles. The van der Waals surface area contributed by atoms with Crippen LogP contribution in [0.3, 0.4) is 0 Å². The van der Waals surface area contributed by atoms with E-state index in [4.69, 9.17) is 5.11 Å². The summed E-state index contributed by atoms with van der Waals surface area (Å²) in [7, 11) is 0. The van der Waals surface area contributed by atoms with E-state index in [-0.39, 0.29) is 12.5 Å². The summed E-state index contributed by atoms with van der Waals surface area (Å²) in [6.45, 7) is 2.59. The molecule has 78 valence electrons. The fourth-order valence-electron chi connectivity index (χ4n) is 1.17. The van der Waals surface area contributed by atoms with E-state index in [9.17, 15) is 4.79 Å². The molecule has 0 rings (SSSR count). The Kier molecular flexibility index (Phi) is 9.10. The van der Waals surface area contributed by atoms with Gasteiger partial charge in [-0.3, -0.25) is 4.79 Å². The maximum Gasteiger partial charge on any atom is 0.220 e. The zero-order chi connectivity index (χ0) is 9.94. The standard InChI is InChI=1S/C10H21NO2/c1-2-3-4-5-6-7-10(13)11-8-9-12/h12H,2-9H2,1H3,(H,11,13). The number of aliphatic hydroxyl groups is 1. The van der Waals surface area contributed by atoms with Crippen molar-refractivity contribution >= 4 is 5.91 Å². The average Bonchev–Trinajstić information content (AvgIpc) is 2.14. The van der Waals surface area contributed by atoms with Crippen molar-refractivity contribution in [1.29, 1.82) is 0 Å². The molecule has 0 aromatic rings. The maximum atomic E-state index is 11.0. The van der Waals surface area contributed by atoms with Gasteiger partial charge in [0, 0.05) is 13.0 Å². The van der Waals surface area contributed by atoms with Crippen molar-refractivity contribution in [2.75, 3.05) is 13.2 Å². The lowest BCUT2D eigenvalue weighted by Gasteiger charge is -2.02. The van der Waals surface area contributed by atoms with Crippen molar-refractivity contribution < 1.29 is 9.90 Å². The molecule has 0 aromatic carbocycles. The Morgan fingerprint density at radius 1 is 1.23 bits per heavy atom. The lowest BCUT2D eigenvalue weighted by Crippen LogP contribution is -2.25. The van der Waals surface area contributed by atoms with E-state index in [2.05, 4.69) is 12.2 Å². The lowest BCUT2D eigenvalue weighted by molar-refractivity contribution is -0.121. The number of aliphatic hydroxyl groups excluding tert-OH is 1. The van der Waals surface area contributed by atoms with Crippen LogP contribution in [-0.2, 0) is 4.79 Å². The average molecular weight is 187 g/mol. The van der Waals surface area contributed by atoms with E-state index in [0.717, 1.165) is 12.8 Å². The molecule has 0 atom stereocenters. The summed E-state index contributed by atoms with van der Waals surface area (Å²) >= 11 is 0. The molecular formula is C10H21NO2. The second-order valence-electron chi connectivity index (χ2n) is 3.24. The van der Waals surface area contributed by atoms with Crippen LogP contribution in [0.1, 0.15) is 45.4 Å². The van der Waals surface area contributed by atoms with Crippen LogP contribution >= 0.6 is 0 Å². The molecule has 0 bridgehead atoms. The first-order chi connectivity index (χ1) is 6.31. The minimum absolute atomic E-state index is 0.0293. The first-order valence-corrected chi connectivity index (χ1v) is 5.18. The molecule has 0 aliphatic rings. The topological polar surface area (TPSA) is 49.3 Å². The van der Waals surface area contributed by atoms with Gasteiger partial charge in [-0.2, -0.15) is 0 Å². The second-order valence-corrected chi connectivity index (χ2v) is 3.24. The summed E-state index contributed by atoms with van der Waals surface area (Å²) in [4.78, 5) is 11.0. The van der Waals surface area contributed by atoms with E-state index in [1.165, 1.54) is 19.3 Å². The minimum Gasteiger partial charge on any atom is -0.395 e. The Balaban J connectivity index is 3.08. The second kappa shape index (κ2) is 9.52. The van der Waals surface area contributed by atoms with E-state index >= 15 is 0 Å². The van der Waals surface area contributed by atoms with Crippen LogP contribution in [0.4, 0.5) is 0 Å². The van der Waals surface area contributed by atoms with Gasteiger partial charge in [0.2, 0.25) is 5.91 Å². The molecule has 3 heteroatoms. The molecular weight excluding hydrogens is 166 g/mol. The summed E-state index contributed by atoms with van der Waals surface area (Å²) < 4.78 is 0. The number of hydrogen-bond acceptors (Lipinski definition) is 2. The van der Waals surface area contributed by atoms with Crippen molar-refractivity contribution in [1.82, 2.24) is 5.32 Å². The highest BCUT2D eigenvalue weighted by Gasteiger charge is 1.98. The molecule has 0 aromatic heterocycles. The van der Waals surface area contributed by atoms with Gasteiger partial charge in [-0.15, -0.1) is 0 Å². The van der Waals surface area contributed by atoms with Crippen molar-refractivity contribution in [2.45, 2.75) is 45.4 Å². The first kappa shape index (κ1) is 12.4. The SMILES string of the molecule is CCCCCCCC(=O)NCCO. The summed E-state index contributed by atoms with van der Waals surface area (Å²) in [5.74, 6) is 0.0607.